The molecule has 0 aliphatic rings. The minimum atomic E-state index is -0.635. The molecule has 0 spiro atoms. The van der Waals surface area contributed by atoms with E-state index in [0.717, 1.165) is 0 Å². The summed E-state index contributed by atoms with van der Waals surface area (Å²) in [7, 11) is 0. The number of aromatic nitrogens is 2. The average Bonchev–Trinajstić information content (AvgIpc) is 2.75. The van der Waals surface area contributed by atoms with Gasteiger partial charge in [0.1, 0.15) is 5.82 Å². The molecule has 2 amide bonds. The second kappa shape index (κ2) is 10.3. The van der Waals surface area contributed by atoms with Gasteiger partial charge in [0.2, 0.25) is 5.95 Å². The number of benzene rings is 2. The van der Waals surface area contributed by atoms with Gasteiger partial charge in [0.05, 0.1) is 22.6 Å². The monoisotopic (exact) mass is 481 g/mol. The summed E-state index contributed by atoms with van der Waals surface area (Å²) in [5.41, 5.74) is 13.8. The van der Waals surface area contributed by atoms with Crippen LogP contribution in [-0.2, 0) is 0 Å². The number of halogens is 2. The number of amides is 2. The predicted molar refractivity (Wildman–Crippen MR) is 136 cm³/mol. The summed E-state index contributed by atoms with van der Waals surface area (Å²) in [6.45, 7) is 5.79. The molecule has 0 fully saturated rings. The summed E-state index contributed by atoms with van der Waals surface area (Å²) in [4.78, 5) is 25.0. The molecule has 0 aliphatic heterocycles. The molecule has 2 aromatic carbocycles. The highest BCUT2D eigenvalue weighted by Gasteiger charge is 2.15. The topological polar surface area (TPSA) is 131 Å². The second-order valence-corrected chi connectivity index (χ2v) is 8.78. The fourth-order valence-electron chi connectivity index (χ4n) is 2.86. The first-order valence-corrected chi connectivity index (χ1v) is 10.7. The zero-order valence-electron chi connectivity index (χ0n) is 18.9. The first-order valence-electron chi connectivity index (χ1n) is 10.3. The smallest absolute Gasteiger partial charge is 0.323 e. The van der Waals surface area contributed by atoms with Gasteiger partial charge in [-0.1, -0.05) is 23.7 Å². The first kappa shape index (κ1) is 24.7. The summed E-state index contributed by atoms with van der Waals surface area (Å²) in [6.07, 6.45) is 3.08. The van der Waals surface area contributed by atoms with Crippen molar-refractivity contribution in [3.8, 4) is 0 Å². The number of urea groups is 1. The van der Waals surface area contributed by atoms with Crippen LogP contribution in [0.4, 0.5) is 26.5 Å². The van der Waals surface area contributed by atoms with Crippen LogP contribution in [0, 0.1) is 5.82 Å². The molecule has 10 heteroatoms. The highest BCUT2D eigenvalue weighted by Crippen LogP contribution is 2.26. The standard InChI is InChI=1S/C24H25ClFN7O/c1-24(2,3)30-13-17(21(27)19-9-10-29-22(28)32-19)14-7-8-18(26)20(11-14)33-23(34)31-16-6-4-5-15(25)12-16/h4-13H,27H2,1-3H3,(H2,28,29,32)(H2,31,33,34). The van der Waals surface area contributed by atoms with E-state index >= 15 is 0 Å². The third-order valence-corrected chi connectivity index (χ3v) is 4.66. The molecule has 8 nitrogen and oxygen atoms in total. The predicted octanol–water partition coefficient (Wildman–Crippen LogP) is 5.19. The maximum Gasteiger partial charge on any atom is 0.323 e. The Morgan fingerprint density at radius 1 is 1.15 bits per heavy atom. The van der Waals surface area contributed by atoms with Gasteiger partial charge < -0.3 is 22.1 Å². The van der Waals surface area contributed by atoms with E-state index < -0.39 is 17.4 Å². The van der Waals surface area contributed by atoms with Gasteiger partial charge in [-0.2, -0.15) is 0 Å². The summed E-state index contributed by atoms with van der Waals surface area (Å²) in [5, 5.41) is 5.58. The van der Waals surface area contributed by atoms with E-state index in [9.17, 15) is 9.18 Å². The number of allylic oxidation sites excluding steroid dienone is 1. The van der Waals surface area contributed by atoms with Crippen LogP contribution in [0.1, 0.15) is 32.0 Å². The van der Waals surface area contributed by atoms with Gasteiger partial charge >= 0.3 is 6.03 Å². The molecule has 3 rings (SSSR count). The second-order valence-electron chi connectivity index (χ2n) is 8.34. The van der Waals surface area contributed by atoms with Crippen LogP contribution in [0.15, 0.2) is 59.7 Å². The van der Waals surface area contributed by atoms with Crippen LogP contribution in [-0.4, -0.2) is 27.8 Å². The fraction of sp³-hybridized carbons (Fsp3) is 0.167. The van der Waals surface area contributed by atoms with Crippen molar-refractivity contribution < 1.29 is 9.18 Å². The number of nitrogens with one attached hydrogen (secondary N) is 2. The van der Waals surface area contributed by atoms with Crippen molar-refractivity contribution in [3.05, 3.63) is 76.8 Å². The molecule has 0 aliphatic carbocycles. The van der Waals surface area contributed by atoms with Gasteiger partial charge in [-0.25, -0.2) is 19.2 Å². The number of hydrogen-bond acceptors (Lipinski definition) is 6. The van der Waals surface area contributed by atoms with Crippen LogP contribution < -0.4 is 22.1 Å². The van der Waals surface area contributed by atoms with E-state index in [1.807, 2.05) is 20.8 Å². The Bertz CT molecular complexity index is 1270. The molecule has 0 bridgehead atoms. The van der Waals surface area contributed by atoms with E-state index in [-0.39, 0.29) is 17.3 Å². The number of nitrogens with two attached hydrogens (primary N) is 2. The zero-order chi connectivity index (χ0) is 24.9. The molecule has 176 valence electrons. The molecule has 0 saturated carbocycles. The average molecular weight is 482 g/mol. The van der Waals surface area contributed by atoms with Gasteiger partial charge in [-0.3, -0.25) is 4.99 Å². The van der Waals surface area contributed by atoms with Crippen LogP contribution in [0.5, 0.6) is 0 Å². The van der Waals surface area contributed by atoms with Crippen molar-refractivity contribution >= 4 is 52.4 Å². The van der Waals surface area contributed by atoms with Crippen LogP contribution >= 0.6 is 11.6 Å². The molecule has 0 atom stereocenters. The quantitative estimate of drug-likeness (QED) is 0.372. The number of carbonyl (C=O) groups excluding carboxylic acids is 1. The summed E-state index contributed by atoms with van der Waals surface area (Å²) < 4.78 is 14.6. The Morgan fingerprint density at radius 2 is 1.91 bits per heavy atom. The Kier molecular flexibility index (Phi) is 7.47. The number of nitrogen functional groups attached to an aromatic ring is 1. The molecular formula is C24H25ClFN7O. The van der Waals surface area contributed by atoms with Crippen molar-refractivity contribution in [2.24, 2.45) is 10.7 Å². The summed E-state index contributed by atoms with van der Waals surface area (Å²) in [5.74, 6) is -0.561. The van der Waals surface area contributed by atoms with E-state index in [1.54, 1.807) is 36.5 Å². The van der Waals surface area contributed by atoms with Gasteiger partial charge in [0.15, 0.2) is 0 Å². The zero-order valence-corrected chi connectivity index (χ0v) is 19.7. The molecule has 0 saturated heterocycles. The third-order valence-electron chi connectivity index (χ3n) is 4.43. The number of carbonyl (C=O) groups is 1. The van der Waals surface area contributed by atoms with Crippen molar-refractivity contribution in [3.63, 3.8) is 0 Å². The SMILES string of the molecule is CC(C)(C)N=CC(=C(N)c1ccnc(N)n1)c1ccc(F)c(NC(=O)Nc2cccc(Cl)c2)c1. The molecular weight excluding hydrogens is 457 g/mol. The summed E-state index contributed by atoms with van der Waals surface area (Å²) in [6, 6.07) is 11.8. The van der Waals surface area contributed by atoms with E-state index in [2.05, 4.69) is 25.6 Å². The first-order chi connectivity index (χ1) is 16.0. The molecule has 0 unspecified atom stereocenters. The number of rotatable bonds is 5. The Balaban J connectivity index is 1.99. The lowest BCUT2D eigenvalue weighted by Gasteiger charge is -2.15. The fourth-order valence-corrected chi connectivity index (χ4v) is 3.05. The molecule has 1 aromatic heterocycles. The van der Waals surface area contributed by atoms with Crippen LogP contribution in [0.2, 0.25) is 5.02 Å². The maximum absolute atomic E-state index is 14.6. The van der Waals surface area contributed by atoms with E-state index in [4.69, 9.17) is 23.1 Å². The van der Waals surface area contributed by atoms with Crippen molar-refractivity contribution in [2.45, 2.75) is 26.3 Å². The molecule has 1 heterocycles. The lowest BCUT2D eigenvalue weighted by molar-refractivity contribution is 0.262. The van der Waals surface area contributed by atoms with Gasteiger partial charge in [-0.15, -0.1) is 0 Å². The highest BCUT2D eigenvalue weighted by molar-refractivity contribution is 6.31. The van der Waals surface area contributed by atoms with E-state index in [1.165, 1.54) is 24.4 Å². The highest BCUT2D eigenvalue weighted by atomic mass is 35.5. The van der Waals surface area contributed by atoms with Gasteiger partial charge in [0, 0.05) is 28.7 Å². The number of hydrogen-bond donors (Lipinski definition) is 4. The third kappa shape index (κ3) is 6.76. The molecule has 6 N–H and O–H groups in total. The van der Waals surface area contributed by atoms with Gasteiger partial charge in [-0.05, 0) is 62.7 Å². The lowest BCUT2D eigenvalue weighted by atomic mass is 10.0. The lowest BCUT2D eigenvalue weighted by Crippen LogP contribution is -2.20. The van der Waals surface area contributed by atoms with Crippen LogP contribution in [0.25, 0.3) is 11.3 Å². The van der Waals surface area contributed by atoms with Gasteiger partial charge in [0.25, 0.3) is 0 Å². The number of anilines is 3. The minimum Gasteiger partial charge on any atom is -0.396 e. The van der Waals surface area contributed by atoms with E-state index in [0.29, 0.717) is 27.5 Å². The minimum absolute atomic E-state index is 0.0475. The van der Waals surface area contributed by atoms with Crippen molar-refractivity contribution in [1.82, 2.24) is 9.97 Å². The van der Waals surface area contributed by atoms with Crippen molar-refractivity contribution in [2.75, 3.05) is 16.4 Å². The largest absolute Gasteiger partial charge is 0.396 e. The number of aliphatic imine (C=N–C) groups is 1. The Morgan fingerprint density at radius 3 is 2.59 bits per heavy atom. The normalized spacial score (nSPS) is 12.4. The Labute approximate surface area is 202 Å². The Hall–Kier alpha value is -3.98. The molecule has 34 heavy (non-hydrogen) atoms. The van der Waals surface area contributed by atoms with Crippen molar-refractivity contribution in [1.29, 1.82) is 0 Å². The molecule has 3 aromatic rings. The summed E-state index contributed by atoms with van der Waals surface area (Å²) >= 11 is 5.94. The maximum atomic E-state index is 14.6. The number of nitrogens with zero attached hydrogens (tertiary/aromatic N) is 3. The van der Waals surface area contributed by atoms with Crippen LogP contribution in [0.3, 0.4) is 0 Å². The molecule has 0 radical (unpaired) electrons.